The molecule has 1 N–H and O–H groups in total. The number of carbonyl (C=O) groups is 1. The second-order valence-corrected chi connectivity index (χ2v) is 5.91. The van der Waals surface area contributed by atoms with Crippen LogP contribution >= 0.6 is 0 Å². The van der Waals surface area contributed by atoms with Gasteiger partial charge in [-0.2, -0.15) is 0 Å². The summed E-state index contributed by atoms with van der Waals surface area (Å²) in [5, 5.41) is 18.7. The highest BCUT2D eigenvalue weighted by molar-refractivity contribution is 5.90. The molecule has 10 nitrogen and oxygen atoms in total. The third-order valence-corrected chi connectivity index (χ3v) is 3.92. The van der Waals surface area contributed by atoms with Gasteiger partial charge in [-0.15, -0.1) is 10.2 Å². The number of amides is 1. The number of hydrogen-bond acceptors (Lipinski definition) is 7. The van der Waals surface area contributed by atoms with Crippen molar-refractivity contribution in [1.82, 2.24) is 30.2 Å². The fourth-order valence-corrected chi connectivity index (χ4v) is 2.57. The SMILES string of the molecule is COc1ccc(NC(=O)Cn2cc(COn3nnc4ccccc43)nn2)cc1. The standard InChI is InChI=1S/C18H17N7O3/c1-27-15-8-6-13(7-9-15)19-18(26)11-24-10-14(20-22-24)12-28-25-17-5-3-2-4-16(17)21-23-25/h2-10H,11-12H2,1H3,(H,19,26). The lowest BCUT2D eigenvalue weighted by Crippen LogP contribution is -2.19. The molecule has 1 amide bonds. The molecule has 4 rings (SSSR count). The van der Waals surface area contributed by atoms with Gasteiger partial charge >= 0.3 is 0 Å². The lowest BCUT2D eigenvalue weighted by molar-refractivity contribution is -0.116. The average molecular weight is 379 g/mol. The van der Waals surface area contributed by atoms with E-state index in [1.807, 2.05) is 24.3 Å². The zero-order valence-corrected chi connectivity index (χ0v) is 15.0. The fourth-order valence-electron chi connectivity index (χ4n) is 2.57. The number of ether oxygens (including phenoxy) is 1. The van der Waals surface area contributed by atoms with Crippen molar-refractivity contribution >= 4 is 22.6 Å². The van der Waals surface area contributed by atoms with Crippen LogP contribution < -0.4 is 14.9 Å². The van der Waals surface area contributed by atoms with E-state index in [1.165, 1.54) is 9.53 Å². The number of aromatic nitrogens is 6. The topological polar surface area (TPSA) is 109 Å². The molecule has 0 aliphatic carbocycles. The molecule has 0 aliphatic heterocycles. The highest BCUT2D eigenvalue weighted by Crippen LogP contribution is 2.15. The summed E-state index contributed by atoms with van der Waals surface area (Å²) >= 11 is 0. The van der Waals surface area contributed by atoms with Gasteiger partial charge in [0.25, 0.3) is 0 Å². The van der Waals surface area contributed by atoms with Gasteiger partial charge in [-0.1, -0.05) is 22.2 Å². The Morgan fingerprint density at radius 2 is 1.89 bits per heavy atom. The Hall–Kier alpha value is -3.95. The molecule has 10 heteroatoms. The summed E-state index contributed by atoms with van der Waals surface area (Å²) in [5.74, 6) is 0.504. The number of rotatable bonds is 7. The Bertz CT molecular complexity index is 1090. The number of nitrogens with one attached hydrogen (secondary N) is 1. The Morgan fingerprint density at radius 3 is 2.71 bits per heavy atom. The number of methoxy groups -OCH3 is 1. The minimum atomic E-state index is -0.218. The normalized spacial score (nSPS) is 10.8. The number of para-hydroxylation sites is 1. The zero-order chi connectivity index (χ0) is 19.3. The lowest BCUT2D eigenvalue weighted by atomic mass is 10.3. The van der Waals surface area contributed by atoms with Gasteiger partial charge < -0.3 is 14.9 Å². The van der Waals surface area contributed by atoms with Crippen molar-refractivity contribution in [3.63, 3.8) is 0 Å². The first-order valence-corrected chi connectivity index (χ1v) is 8.48. The van der Waals surface area contributed by atoms with Crippen molar-refractivity contribution < 1.29 is 14.4 Å². The molecule has 0 fully saturated rings. The molecule has 0 unspecified atom stereocenters. The Balaban J connectivity index is 1.32. The summed E-state index contributed by atoms with van der Waals surface area (Å²) in [4.78, 5) is 19.1. The minimum absolute atomic E-state index is 0.0330. The molecule has 4 aromatic rings. The van der Waals surface area contributed by atoms with Crippen LogP contribution in [-0.4, -0.2) is 43.2 Å². The first-order valence-electron chi connectivity index (χ1n) is 8.48. The lowest BCUT2D eigenvalue weighted by Gasteiger charge is -2.06. The predicted octanol–water partition coefficient (Wildman–Crippen LogP) is 1.30. The number of anilines is 1. The van der Waals surface area contributed by atoms with Crippen LogP contribution in [0, 0.1) is 0 Å². The van der Waals surface area contributed by atoms with Crippen LogP contribution in [0.5, 0.6) is 5.75 Å². The van der Waals surface area contributed by atoms with E-state index in [1.54, 1.807) is 37.6 Å². The Kier molecular flexibility index (Phi) is 4.83. The van der Waals surface area contributed by atoms with E-state index < -0.39 is 0 Å². The Morgan fingerprint density at radius 1 is 1.07 bits per heavy atom. The molecule has 0 radical (unpaired) electrons. The minimum Gasteiger partial charge on any atom is -0.497 e. The molecule has 0 spiro atoms. The van der Waals surface area contributed by atoms with Crippen LogP contribution in [0.15, 0.2) is 54.7 Å². The first-order chi connectivity index (χ1) is 13.7. The third-order valence-electron chi connectivity index (χ3n) is 3.92. The summed E-state index contributed by atoms with van der Waals surface area (Å²) in [7, 11) is 1.59. The van der Waals surface area contributed by atoms with Gasteiger partial charge in [0.05, 0.1) is 13.3 Å². The van der Waals surface area contributed by atoms with Crippen LogP contribution in [0.4, 0.5) is 5.69 Å². The third kappa shape index (κ3) is 3.90. The van der Waals surface area contributed by atoms with Crippen LogP contribution in [0.2, 0.25) is 0 Å². The van der Waals surface area contributed by atoms with Crippen molar-refractivity contribution in [3.05, 3.63) is 60.4 Å². The van der Waals surface area contributed by atoms with Gasteiger partial charge in [-0.25, -0.2) is 4.68 Å². The molecule has 0 saturated heterocycles. The van der Waals surface area contributed by atoms with Crippen LogP contribution in [-0.2, 0) is 17.9 Å². The molecular weight excluding hydrogens is 362 g/mol. The van der Waals surface area contributed by atoms with Crippen LogP contribution in [0.25, 0.3) is 11.0 Å². The van der Waals surface area contributed by atoms with E-state index in [0.717, 1.165) is 16.8 Å². The molecule has 2 aromatic carbocycles. The summed E-state index contributed by atoms with van der Waals surface area (Å²) < 4.78 is 6.53. The monoisotopic (exact) mass is 379 g/mol. The highest BCUT2D eigenvalue weighted by Gasteiger charge is 2.09. The molecule has 0 bridgehead atoms. The Labute approximate surface area is 159 Å². The first kappa shape index (κ1) is 17.5. The number of carbonyl (C=O) groups excluding carboxylic acids is 1. The molecular formula is C18H17N7O3. The van der Waals surface area contributed by atoms with Gasteiger partial charge in [-0.3, -0.25) is 4.79 Å². The molecule has 2 heterocycles. The van der Waals surface area contributed by atoms with E-state index in [4.69, 9.17) is 9.57 Å². The van der Waals surface area contributed by atoms with E-state index in [0.29, 0.717) is 11.4 Å². The molecule has 0 aliphatic rings. The second-order valence-electron chi connectivity index (χ2n) is 5.91. The molecule has 28 heavy (non-hydrogen) atoms. The summed E-state index contributed by atoms with van der Waals surface area (Å²) in [6.45, 7) is 0.179. The summed E-state index contributed by atoms with van der Waals surface area (Å²) in [5.41, 5.74) is 2.74. The number of fused-ring (bicyclic) bond motifs is 1. The van der Waals surface area contributed by atoms with Gasteiger partial charge in [0.1, 0.15) is 29.0 Å². The zero-order valence-electron chi connectivity index (χ0n) is 15.0. The summed E-state index contributed by atoms with van der Waals surface area (Å²) in [6.07, 6.45) is 1.65. The molecule has 142 valence electrons. The van der Waals surface area contributed by atoms with Gasteiger partial charge in [0, 0.05) is 5.69 Å². The largest absolute Gasteiger partial charge is 0.497 e. The average Bonchev–Trinajstić information content (AvgIpc) is 3.33. The van der Waals surface area contributed by atoms with E-state index in [-0.39, 0.29) is 19.1 Å². The number of nitrogens with zero attached hydrogens (tertiary/aromatic N) is 6. The van der Waals surface area contributed by atoms with Crippen LogP contribution in [0.3, 0.4) is 0 Å². The second kappa shape index (κ2) is 7.74. The molecule has 0 atom stereocenters. The number of hydrogen-bond donors (Lipinski definition) is 1. The molecule has 2 aromatic heterocycles. The van der Waals surface area contributed by atoms with Crippen molar-refractivity contribution in [2.75, 3.05) is 12.4 Å². The van der Waals surface area contributed by atoms with Crippen molar-refractivity contribution in [2.24, 2.45) is 0 Å². The van der Waals surface area contributed by atoms with E-state index in [9.17, 15) is 4.79 Å². The van der Waals surface area contributed by atoms with E-state index >= 15 is 0 Å². The molecule has 0 saturated carbocycles. The quantitative estimate of drug-likeness (QED) is 0.515. The number of benzene rings is 2. The fraction of sp³-hybridized carbons (Fsp3) is 0.167. The highest BCUT2D eigenvalue weighted by atomic mass is 16.7. The maximum Gasteiger partial charge on any atom is 0.246 e. The van der Waals surface area contributed by atoms with Gasteiger partial charge in [0.2, 0.25) is 5.91 Å². The summed E-state index contributed by atoms with van der Waals surface area (Å²) in [6, 6.07) is 14.5. The van der Waals surface area contributed by atoms with Crippen molar-refractivity contribution in [3.8, 4) is 5.75 Å². The maximum atomic E-state index is 12.2. The predicted molar refractivity (Wildman–Crippen MR) is 99.5 cm³/mol. The van der Waals surface area contributed by atoms with Crippen LogP contribution in [0.1, 0.15) is 5.69 Å². The van der Waals surface area contributed by atoms with Crippen molar-refractivity contribution in [1.29, 1.82) is 0 Å². The maximum absolute atomic E-state index is 12.2. The van der Waals surface area contributed by atoms with Crippen molar-refractivity contribution in [2.45, 2.75) is 13.2 Å². The van der Waals surface area contributed by atoms with Gasteiger partial charge in [0.15, 0.2) is 6.61 Å². The van der Waals surface area contributed by atoms with E-state index in [2.05, 4.69) is 25.9 Å². The van der Waals surface area contributed by atoms with Gasteiger partial charge in [-0.05, 0) is 41.6 Å². The smallest absolute Gasteiger partial charge is 0.246 e.